The monoisotopic (exact) mass is 487 g/mol. The Labute approximate surface area is 212 Å². The lowest BCUT2D eigenvalue weighted by atomic mass is 9.99. The molecule has 5 rings (SSSR count). The van der Waals surface area contributed by atoms with Gasteiger partial charge in [0, 0.05) is 36.6 Å². The van der Waals surface area contributed by atoms with Crippen molar-refractivity contribution < 1.29 is 19.4 Å². The van der Waals surface area contributed by atoms with Crippen LogP contribution in [0.1, 0.15) is 65.1 Å². The van der Waals surface area contributed by atoms with Crippen LogP contribution in [0.3, 0.4) is 0 Å². The second-order valence-electron chi connectivity index (χ2n) is 9.53. The zero-order valence-electron chi connectivity index (χ0n) is 20.4. The maximum atomic E-state index is 12.6. The molecular formula is C29H33N3O4. The van der Waals surface area contributed by atoms with E-state index in [9.17, 15) is 9.90 Å². The minimum atomic E-state index is -0.550. The second kappa shape index (κ2) is 11.8. The Bertz CT molecular complexity index is 1130. The fourth-order valence-electron chi connectivity index (χ4n) is 4.93. The molecule has 2 N–H and O–H groups in total. The molecule has 2 fully saturated rings. The Morgan fingerprint density at radius 3 is 2.58 bits per heavy atom. The van der Waals surface area contributed by atoms with Crippen molar-refractivity contribution in [2.24, 2.45) is 0 Å². The smallest absolute Gasteiger partial charge is 0.257 e. The first-order valence-corrected chi connectivity index (χ1v) is 12.7. The number of aromatic nitrogens is 1. The van der Waals surface area contributed by atoms with Crippen LogP contribution in [0.4, 0.5) is 5.69 Å². The van der Waals surface area contributed by atoms with E-state index in [-0.39, 0.29) is 24.7 Å². The number of hydrogen-bond donors (Lipinski definition) is 2. The molecule has 3 unspecified atom stereocenters. The minimum Gasteiger partial charge on any atom is -0.392 e. The van der Waals surface area contributed by atoms with Gasteiger partial charge in [0.1, 0.15) is 0 Å². The molecule has 1 aromatic heterocycles. The first-order chi connectivity index (χ1) is 17.7. The summed E-state index contributed by atoms with van der Waals surface area (Å²) in [6, 6.07) is 19.1. The van der Waals surface area contributed by atoms with Crippen LogP contribution in [0.25, 0.3) is 0 Å². The van der Waals surface area contributed by atoms with Crippen molar-refractivity contribution in [1.82, 2.24) is 9.88 Å². The normalized spacial score (nSPS) is 22.8. The third-order valence-electron chi connectivity index (χ3n) is 6.87. The lowest BCUT2D eigenvalue weighted by molar-refractivity contribution is -0.253. The molecule has 3 aromatic rings. The zero-order chi connectivity index (χ0) is 24.7. The molecule has 188 valence electrons. The van der Waals surface area contributed by atoms with E-state index in [2.05, 4.69) is 15.2 Å². The summed E-state index contributed by atoms with van der Waals surface area (Å²) in [4.78, 5) is 19.1. The van der Waals surface area contributed by atoms with Crippen LogP contribution in [0, 0.1) is 0 Å². The van der Waals surface area contributed by atoms with Crippen LogP contribution in [0.15, 0.2) is 73.1 Å². The molecule has 0 saturated carbocycles. The number of carbonyl (C=O) groups is 1. The molecule has 7 heteroatoms. The molecule has 2 aromatic carbocycles. The van der Waals surface area contributed by atoms with E-state index in [4.69, 9.17) is 9.47 Å². The van der Waals surface area contributed by atoms with Crippen molar-refractivity contribution in [1.29, 1.82) is 0 Å². The van der Waals surface area contributed by atoms with Gasteiger partial charge < -0.3 is 24.8 Å². The number of nitrogens with zero attached hydrogens (tertiary/aromatic N) is 2. The van der Waals surface area contributed by atoms with E-state index < -0.39 is 6.29 Å². The number of benzene rings is 2. The first-order valence-electron chi connectivity index (χ1n) is 12.7. The second-order valence-corrected chi connectivity index (χ2v) is 9.53. The van der Waals surface area contributed by atoms with E-state index >= 15 is 0 Å². The van der Waals surface area contributed by atoms with E-state index in [1.54, 1.807) is 24.5 Å². The van der Waals surface area contributed by atoms with Gasteiger partial charge in [0.25, 0.3) is 5.91 Å². The van der Waals surface area contributed by atoms with Crippen molar-refractivity contribution in [2.75, 3.05) is 25.0 Å². The average Bonchev–Trinajstić information content (AvgIpc) is 2.94. The molecule has 0 spiro atoms. The predicted octanol–water partition coefficient (Wildman–Crippen LogP) is 4.86. The Morgan fingerprint density at radius 1 is 1.00 bits per heavy atom. The highest BCUT2D eigenvalue weighted by Crippen LogP contribution is 2.38. The van der Waals surface area contributed by atoms with E-state index in [0.717, 1.165) is 42.7 Å². The number of rotatable bonds is 7. The van der Waals surface area contributed by atoms with Crippen molar-refractivity contribution in [2.45, 2.75) is 50.8 Å². The third-order valence-corrected chi connectivity index (χ3v) is 6.87. The van der Waals surface area contributed by atoms with Crippen molar-refractivity contribution in [3.8, 4) is 0 Å². The standard InChI is InChI=1S/C29H33N3O4/c33-20-21-9-11-22(12-10-21)27-17-26(19-32-14-2-1-3-15-32)35-29(36-27)23-6-4-8-25(16-23)31-28(34)24-7-5-13-30-18-24/h4-13,16,18,26-27,29,33H,1-3,14-15,17,19-20H2,(H,31,34). The van der Waals surface area contributed by atoms with Gasteiger partial charge in [0.2, 0.25) is 0 Å². The summed E-state index contributed by atoms with van der Waals surface area (Å²) in [5.74, 6) is -0.212. The number of likely N-dealkylation sites (tertiary alicyclic amines) is 1. The number of ether oxygens (including phenoxy) is 2. The summed E-state index contributed by atoms with van der Waals surface area (Å²) < 4.78 is 13.0. The lowest BCUT2D eigenvalue weighted by Crippen LogP contribution is -2.41. The van der Waals surface area contributed by atoms with Crippen LogP contribution in [0.5, 0.6) is 0 Å². The van der Waals surface area contributed by atoms with Crippen LogP contribution in [0.2, 0.25) is 0 Å². The molecule has 0 aliphatic carbocycles. The summed E-state index contributed by atoms with van der Waals surface area (Å²) in [5.41, 5.74) is 3.99. The highest BCUT2D eigenvalue weighted by molar-refractivity contribution is 6.04. The van der Waals surface area contributed by atoms with Gasteiger partial charge in [-0.3, -0.25) is 9.78 Å². The van der Waals surface area contributed by atoms with Gasteiger partial charge in [-0.15, -0.1) is 0 Å². The minimum absolute atomic E-state index is 0.0205. The highest BCUT2D eigenvalue weighted by Gasteiger charge is 2.33. The number of hydrogen-bond acceptors (Lipinski definition) is 6. The number of amides is 1. The van der Waals surface area contributed by atoms with Gasteiger partial charge in [-0.25, -0.2) is 0 Å². The van der Waals surface area contributed by atoms with E-state index in [1.807, 2.05) is 48.5 Å². The van der Waals surface area contributed by atoms with Gasteiger partial charge >= 0.3 is 0 Å². The van der Waals surface area contributed by atoms with Crippen molar-refractivity contribution >= 4 is 11.6 Å². The highest BCUT2D eigenvalue weighted by atomic mass is 16.7. The van der Waals surface area contributed by atoms with Gasteiger partial charge in [-0.1, -0.05) is 42.8 Å². The van der Waals surface area contributed by atoms with Gasteiger partial charge in [0.15, 0.2) is 6.29 Å². The van der Waals surface area contributed by atoms with E-state index in [1.165, 1.54) is 19.3 Å². The topological polar surface area (TPSA) is 83.9 Å². The van der Waals surface area contributed by atoms with Gasteiger partial charge in [-0.05, 0) is 61.3 Å². The van der Waals surface area contributed by atoms with Crippen LogP contribution < -0.4 is 5.32 Å². The van der Waals surface area contributed by atoms with Crippen molar-refractivity contribution in [3.05, 3.63) is 95.3 Å². The number of aliphatic hydroxyl groups excluding tert-OH is 1. The summed E-state index contributed by atoms with van der Waals surface area (Å²) in [6.07, 6.45) is 7.07. The molecule has 2 saturated heterocycles. The molecule has 2 aliphatic rings. The molecule has 3 heterocycles. The van der Waals surface area contributed by atoms with Crippen molar-refractivity contribution in [3.63, 3.8) is 0 Å². The summed E-state index contributed by atoms with van der Waals surface area (Å²) in [6.45, 7) is 3.11. The quantitative estimate of drug-likeness (QED) is 0.495. The van der Waals surface area contributed by atoms with Gasteiger partial charge in [0.05, 0.1) is 24.4 Å². The molecule has 0 bridgehead atoms. The number of aliphatic hydroxyl groups is 1. The molecule has 1 amide bonds. The number of nitrogens with one attached hydrogen (secondary N) is 1. The fourth-order valence-corrected chi connectivity index (χ4v) is 4.93. The molecule has 0 radical (unpaired) electrons. The molecule has 7 nitrogen and oxygen atoms in total. The first kappa shape index (κ1) is 24.6. The summed E-state index contributed by atoms with van der Waals surface area (Å²) >= 11 is 0. The van der Waals surface area contributed by atoms with E-state index in [0.29, 0.717) is 11.3 Å². The van der Waals surface area contributed by atoms with Crippen LogP contribution >= 0.6 is 0 Å². The maximum absolute atomic E-state index is 12.6. The number of carbonyl (C=O) groups excluding carboxylic acids is 1. The largest absolute Gasteiger partial charge is 0.392 e. The Kier molecular flexibility index (Phi) is 8.03. The molecule has 3 atom stereocenters. The molecular weight excluding hydrogens is 454 g/mol. The number of pyridine rings is 1. The maximum Gasteiger partial charge on any atom is 0.257 e. The summed E-state index contributed by atoms with van der Waals surface area (Å²) in [7, 11) is 0. The van der Waals surface area contributed by atoms with Gasteiger partial charge in [-0.2, -0.15) is 0 Å². The summed E-state index contributed by atoms with van der Waals surface area (Å²) in [5, 5.41) is 12.4. The van der Waals surface area contributed by atoms with Crippen LogP contribution in [-0.4, -0.2) is 46.6 Å². The molecule has 2 aliphatic heterocycles. The Hall–Kier alpha value is -3.10. The lowest BCUT2D eigenvalue weighted by Gasteiger charge is -2.39. The third kappa shape index (κ3) is 6.17. The number of piperidine rings is 1. The zero-order valence-corrected chi connectivity index (χ0v) is 20.4. The SMILES string of the molecule is O=C(Nc1cccc(C2OC(CN3CCCCC3)CC(c3ccc(CO)cc3)O2)c1)c1cccnc1. The Morgan fingerprint density at radius 2 is 1.83 bits per heavy atom. The predicted molar refractivity (Wildman–Crippen MR) is 137 cm³/mol. The Balaban J connectivity index is 1.35. The fraction of sp³-hybridized carbons (Fsp3) is 0.379. The number of anilines is 1. The molecule has 36 heavy (non-hydrogen) atoms. The van der Waals surface area contributed by atoms with Crippen LogP contribution in [-0.2, 0) is 16.1 Å². The average molecular weight is 488 g/mol.